The van der Waals surface area contributed by atoms with Crippen LogP contribution in [-0.2, 0) is 11.3 Å². The fourth-order valence-electron chi connectivity index (χ4n) is 3.12. The molecule has 1 amide bonds. The quantitative estimate of drug-likeness (QED) is 0.812. The van der Waals surface area contributed by atoms with Gasteiger partial charge in [0, 0.05) is 18.8 Å². The average Bonchev–Trinajstić information content (AvgIpc) is 2.68. The van der Waals surface area contributed by atoms with Crippen molar-refractivity contribution >= 4 is 6.09 Å². The molecule has 0 unspecified atom stereocenters. The van der Waals surface area contributed by atoms with Gasteiger partial charge in [-0.05, 0) is 37.3 Å². The smallest absolute Gasteiger partial charge is 0.410 e. The molecule has 1 fully saturated rings. The Morgan fingerprint density at radius 2 is 2.04 bits per heavy atom. The summed E-state index contributed by atoms with van der Waals surface area (Å²) in [5.41, 5.74) is 2.02. The van der Waals surface area contributed by atoms with Gasteiger partial charge in [0.1, 0.15) is 6.61 Å². The fourth-order valence-corrected chi connectivity index (χ4v) is 3.12. The first-order valence-corrected chi connectivity index (χ1v) is 8.84. The highest BCUT2D eigenvalue weighted by Crippen LogP contribution is 2.31. The van der Waals surface area contributed by atoms with E-state index in [0.717, 1.165) is 30.4 Å². The van der Waals surface area contributed by atoms with Gasteiger partial charge in [-0.15, -0.1) is 0 Å². The van der Waals surface area contributed by atoms with Gasteiger partial charge in [0.2, 0.25) is 5.88 Å². The number of rotatable bonds is 5. The van der Waals surface area contributed by atoms with E-state index in [1.54, 1.807) is 6.20 Å². The van der Waals surface area contributed by atoms with E-state index >= 15 is 0 Å². The summed E-state index contributed by atoms with van der Waals surface area (Å²) in [6.07, 6.45) is 4.57. The molecule has 0 saturated carbocycles. The van der Waals surface area contributed by atoms with Gasteiger partial charge in [-0.2, -0.15) is 0 Å². The minimum absolute atomic E-state index is 0.0141. The number of hydrogen-bond donors (Lipinski definition) is 0. The van der Waals surface area contributed by atoms with Gasteiger partial charge in [0.15, 0.2) is 0 Å². The van der Waals surface area contributed by atoms with Crippen molar-refractivity contribution in [2.24, 2.45) is 0 Å². The van der Waals surface area contributed by atoms with E-state index in [9.17, 15) is 4.79 Å². The van der Waals surface area contributed by atoms with Crippen LogP contribution in [0.4, 0.5) is 4.79 Å². The van der Waals surface area contributed by atoms with Gasteiger partial charge >= 0.3 is 6.09 Å². The van der Waals surface area contributed by atoms with Crippen LogP contribution in [0.15, 0.2) is 48.7 Å². The Morgan fingerprint density at radius 1 is 1.20 bits per heavy atom. The van der Waals surface area contributed by atoms with Crippen molar-refractivity contribution in [3.8, 4) is 5.88 Å². The summed E-state index contributed by atoms with van der Waals surface area (Å²) in [7, 11) is 0. The number of aromatic nitrogens is 1. The normalized spacial score (nSPS) is 17.2. The van der Waals surface area contributed by atoms with Crippen molar-refractivity contribution in [2.75, 3.05) is 13.2 Å². The third kappa shape index (κ3) is 4.50. The molecule has 3 rings (SSSR count). The van der Waals surface area contributed by atoms with E-state index in [2.05, 4.69) is 4.98 Å². The van der Waals surface area contributed by atoms with E-state index in [1.165, 1.54) is 0 Å². The van der Waals surface area contributed by atoms with Crippen LogP contribution in [-0.4, -0.2) is 29.1 Å². The van der Waals surface area contributed by atoms with Gasteiger partial charge in [0.25, 0.3) is 0 Å². The molecule has 1 aromatic heterocycles. The Kier molecular flexibility index (Phi) is 5.88. The molecule has 0 radical (unpaired) electrons. The zero-order valence-corrected chi connectivity index (χ0v) is 14.6. The van der Waals surface area contributed by atoms with Crippen LogP contribution >= 0.6 is 0 Å². The Labute approximate surface area is 148 Å². The number of hydrogen-bond acceptors (Lipinski definition) is 4. The lowest BCUT2D eigenvalue weighted by molar-refractivity contribution is 0.0678. The Morgan fingerprint density at radius 3 is 2.76 bits per heavy atom. The third-order valence-corrected chi connectivity index (χ3v) is 4.38. The first-order valence-electron chi connectivity index (χ1n) is 8.84. The molecule has 5 nitrogen and oxygen atoms in total. The molecule has 1 aliphatic heterocycles. The average molecular weight is 340 g/mol. The molecule has 132 valence electrons. The minimum Gasteiger partial charge on any atom is -0.478 e. The van der Waals surface area contributed by atoms with Gasteiger partial charge in [0.05, 0.1) is 12.6 Å². The summed E-state index contributed by atoms with van der Waals surface area (Å²) in [5.74, 6) is 0.611. The van der Waals surface area contributed by atoms with Crippen molar-refractivity contribution in [1.82, 2.24) is 9.88 Å². The second-order valence-corrected chi connectivity index (χ2v) is 6.11. The number of carbonyl (C=O) groups is 1. The molecule has 1 aliphatic rings. The molecular formula is C20H24N2O3. The Balaban J connectivity index is 1.66. The lowest BCUT2D eigenvalue weighted by Gasteiger charge is -2.35. The van der Waals surface area contributed by atoms with Crippen LogP contribution in [0.3, 0.4) is 0 Å². The summed E-state index contributed by atoms with van der Waals surface area (Å²) in [5, 5.41) is 0. The summed E-state index contributed by atoms with van der Waals surface area (Å²) < 4.78 is 10.9. The molecule has 1 aromatic carbocycles. The molecule has 0 bridgehead atoms. The highest BCUT2D eigenvalue weighted by Gasteiger charge is 2.29. The predicted octanol–water partition coefficient (Wildman–Crippen LogP) is 4.34. The number of ether oxygens (including phenoxy) is 2. The molecule has 5 heteroatoms. The third-order valence-electron chi connectivity index (χ3n) is 4.38. The summed E-state index contributed by atoms with van der Waals surface area (Å²) in [6, 6.07) is 13.6. The monoisotopic (exact) mass is 340 g/mol. The van der Waals surface area contributed by atoms with E-state index in [4.69, 9.17) is 9.47 Å². The first kappa shape index (κ1) is 17.3. The Bertz CT molecular complexity index is 673. The van der Waals surface area contributed by atoms with Gasteiger partial charge in [-0.25, -0.2) is 9.78 Å². The molecule has 0 aliphatic carbocycles. The van der Waals surface area contributed by atoms with Crippen molar-refractivity contribution in [3.05, 3.63) is 59.8 Å². The minimum atomic E-state index is -0.262. The zero-order valence-electron chi connectivity index (χ0n) is 14.6. The maximum absolute atomic E-state index is 12.6. The molecular weight excluding hydrogens is 316 g/mol. The molecule has 1 atom stereocenters. The number of nitrogens with zero attached hydrogens (tertiary/aromatic N) is 2. The first-order chi connectivity index (χ1) is 12.3. The summed E-state index contributed by atoms with van der Waals surface area (Å²) >= 11 is 0. The molecule has 2 heterocycles. The highest BCUT2D eigenvalue weighted by atomic mass is 16.6. The van der Waals surface area contributed by atoms with Crippen LogP contribution in [0.5, 0.6) is 5.88 Å². The second kappa shape index (κ2) is 8.51. The van der Waals surface area contributed by atoms with Crippen LogP contribution in [0.2, 0.25) is 0 Å². The maximum atomic E-state index is 12.6. The zero-order chi connectivity index (χ0) is 17.5. The van der Waals surface area contributed by atoms with Crippen LogP contribution in [0.25, 0.3) is 0 Å². The summed E-state index contributed by atoms with van der Waals surface area (Å²) in [6.45, 7) is 3.53. The van der Waals surface area contributed by atoms with Crippen molar-refractivity contribution in [1.29, 1.82) is 0 Å². The summed E-state index contributed by atoms with van der Waals surface area (Å²) in [4.78, 5) is 18.7. The van der Waals surface area contributed by atoms with Crippen LogP contribution in [0.1, 0.15) is 43.4 Å². The van der Waals surface area contributed by atoms with E-state index in [1.807, 2.05) is 54.3 Å². The molecule has 1 saturated heterocycles. The maximum Gasteiger partial charge on any atom is 0.410 e. The lowest BCUT2D eigenvalue weighted by atomic mass is 9.97. The Hall–Kier alpha value is -2.56. The standard InChI is InChI=1S/C20H24N2O3/c1-2-24-19-12-11-17(14-21-19)18-10-6-7-13-22(18)20(23)25-15-16-8-4-3-5-9-16/h3-5,8-9,11-12,14,18H,2,6-7,10,13,15H2,1H3/t18-/m1/s1. The van der Waals surface area contributed by atoms with E-state index in [0.29, 0.717) is 25.6 Å². The molecule has 0 spiro atoms. The van der Waals surface area contributed by atoms with Crippen LogP contribution < -0.4 is 4.74 Å². The molecule has 2 aromatic rings. The lowest BCUT2D eigenvalue weighted by Crippen LogP contribution is -2.38. The van der Waals surface area contributed by atoms with Gasteiger partial charge in [-0.3, -0.25) is 0 Å². The fraction of sp³-hybridized carbons (Fsp3) is 0.400. The second-order valence-electron chi connectivity index (χ2n) is 6.11. The largest absolute Gasteiger partial charge is 0.478 e. The van der Waals surface area contributed by atoms with Crippen molar-refractivity contribution < 1.29 is 14.3 Å². The number of amides is 1. The predicted molar refractivity (Wildman–Crippen MR) is 95.3 cm³/mol. The molecule has 25 heavy (non-hydrogen) atoms. The number of benzene rings is 1. The van der Waals surface area contributed by atoms with Crippen LogP contribution in [0, 0.1) is 0 Å². The van der Waals surface area contributed by atoms with Gasteiger partial charge in [-0.1, -0.05) is 36.4 Å². The topological polar surface area (TPSA) is 51.7 Å². The number of piperidine rings is 1. The number of pyridine rings is 1. The van der Waals surface area contributed by atoms with Crippen molar-refractivity contribution in [2.45, 2.75) is 38.8 Å². The molecule has 0 N–H and O–H groups in total. The van der Waals surface area contributed by atoms with Gasteiger partial charge < -0.3 is 14.4 Å². The highest BCUT2D eigenvalue weighted by molar-refractivity contribution is 5.68. The van der Waals surface area contributed by atoms with Crippen molar-refractivity contribution in [3.63, 3.8) is 0 Å². The van der Waals surface area contributed by atoms with E-state index in [-0.39, 0.29) is 12.1 Å². The van der Waals surface area contributed by atoms with E-state index < -0.39 is 0 Å². The number of carbonyl (C=O) groups excluding carboxylic acids is 1. The number of likely N-dealkylation sites (tertiary alicyclic amines) is 1. The SMILES string of the molecule is CCOc1ccc([C@H]2CCCCN2C(=O)OCc2ccccc2)cn1.